The zero-order chi connectivity index (χ0) is 21.8. The third kappa shape index (κ3) is 4.46. The molecule has 1 atom stereocenters. The molecule has 7 nitrogen and oxygen atoms in total. The van der Waals surface area contributed by atoms with E-state index < -0.39 is 11.9 Å². The minimum atomic E-state index is -0.867. The molecule has 0 saturated carbocycles. The maximum atomic E-state index is 12.9. The number of aryl methyl sites for hydroxylation is 1. The smallest absolute Gasteiger partial charge is 0.267 e. The van der Waals surface area contributed by atoms with Gasteiger partial charge in [-0.1, -0.05) is 41.4 Å². The van der Waals surface area contributed by atoms with Crippen LogP contribution in [0.1, 0.15) is 18.5 Å². The summed E-state index contributed by atoms with van der Waals surface area (Å²) in [5, 5.41) is 7.45. The zero-order valence-electron chi connectivity index (χ0n) is 17.1. The molecule has 156 valence electrons. The van der Waals surface area contributed by atoms with Crippen molar-refractivity contribution >= 4 is 23.2 Å². The van der Waals surface area contributed by atoms with Gasteiger partial charge in [-0.25, -0.2) is 4.68 Å². The first kappa shape index (κ1) is 21.4. The molecule has 0 fully saturated rings. The van der Waals surface area contributed by atoms with Crippen LogP contribution >= 0.6 is 11.6 Å². The van der Waals surface area contributed by atoms with E-state index in [1.165, 1.54) is 26.4 Å². The van der Waals surface area contributed by atoms with Crippen LogP contribution in [0.25, 0.3) is 11.3 Å². The fraction of sp³-hybridized carbons (Fsp3) is 0.227. The Morgan fingerprint density at radius 1 is 1.07 bits per heavy atom. The van der Waals surface area contributed by atoms with Crippen LogP contribution in [0.4, 0.5) is 5.69 Å². The second kappa shape index (κ2) is 9.00. The van der Waals surface area contributed by atoms with Gasteiger partial charge in [0, 0.05) is 17.7 Å². The molecule has 8 heteroatoms. The van der Waals surface area contributed by atoms with E-state index in [1.54, 1.807) is 19.1 Å². The van der Waals surface area contributed by atoms with Gasteiger partial charge in [0.05, 0.1) is 30.6 Å². The lowest BCUT2D eigenvalue weighted by Crippen LogP contribution is -2.33. The number of amides is 1. The van der Waals surface area contributed by atoms with Gasteiger partial charge in [0.15, 0.2) is 0 Å². The molecule has 2 aromatic carbocycles. The highest BCUT2D eigenvalue weighted by Crippen LogP contribution is 2.36. The summed E-state index contributed by atoms with van der Waals surface area (Å²) in [5.74, 6) is 0.360. The van der Waals surface area contributed by atoms with Gasteiger partial charge in [-0.05, 0) is 26.0 Å². The van der Waals surface area contributed by atoms with E-state index in [-0.39, 0.29) is 5.56 Å². The van der Waals surface area contributed by atoms with Crippen LogP contribution in [0.2, 0.25) is 5.02 Å². The number of ether oxygens (including phenoxy) is 2. The van der Waals surface area contributed by atoms with E-state index in [0.717, 1.165) is 15.8 Å². The monoisotopic (exact) mass is 427 g/mol. The Hall–Kier alpha value is -3.32. The summed E-state index contributed by atoms with van der Waals surface area (Å²) in [7, 11) is 2.96. The number of halogens is 1. The number of rotatable bonds is 6. The second-order valence-corrected chi connectivity index (χ2v) is 7.13. The number of nitrogens with zero attached hydrogens (tertiary/aromatic N) is 2. The maximum Gasteiger partial charge on any atom is 0.267 e. The predicted molar refractivity (Wildman–Crippen MR) is 117 cm³/mol. The van der Waals surface area contributed by atoms with Gasteiger partial charge in [0.1, 0.15) is 17.5 Å². The van der Waals surface area contributed by atoms with Crippen LogP contribution in [0.3, 0.4) is 0 Å². The number of anilines is 1. The molecular formula is C22H22ClN3O4. The average Bonchev–Trinajstić information content (AvgIpc) is 2.74. The first-order valence-electron chi connectivity index (χ1n) is 9.23. The number of methoxy groups -OCH3 is 2. The fourth-order valence-electron chi connectivity index (χ4n) is 2.89. The van der Waals surface area contributed by atoms with Crippen molar-refractivity contribution in [2.45, 2.75) is 19.9 Å². The molecule has 0 bridgehead atoms. The van der Waals surface area contributed by atoms with Crippen LogP contribution < -0.4 is 20.3 Å². The summed E-state index contributed by atoms with van der Waals surface area (Å²) in [6.07, 6.45) is 0. The Morgan fingerprint density at radius 3 is 2.37 bits per heavy atom. The molecule has 0 saturated heterocycles. The minimum absolute atomic E-state index is 0.318. The summed E-state index contributed by atoms with van der Waals surface area (Å²) in [4.78, 5) is 25.2. The van der Waals surface area contributed by atoms with Gasteiger partial charge in [0.25, 0.3) is 5.56 Å². The van der Waals surface area contributed by atoms with Crippen LogP contribution in [-0.2, 0) is 4.79 Å². The molecule has 1 heterocycles. The molecule has 3 rings (SSSR count). The molecule has 1 N–H and O–H groups in total. The Morgan fingerprint density at radius 2 is 1.73 bits per heavy atom. The standard InChI is InChI=1S/C22H22ClN3O4/c1-13-5-7-15(8-6-13)17-9-10-21(27)26(25-17)14(2)22(28)24-18-11-16(23)19(29-3)12-20(18)30-4/h5-12,14H,1-4H3,(H,24,28)/t14-/m1/s1. The quantitative estimate of drug-likeness (QED) is 0.640. The molecule has 0 spiro atoms. The molecular weight excluding hydrogens is 406 g/mol. The van der Waals surface area contributed by atoms with Gasteiger partial charge >= 0.3 is 0 Å². The van der Waals surface area contributed by atoms with Crippen molar-refractivity contribution in [2.24, 2.45) is 0 Å². The van der Waals surface area contributed by atoms with E-state index in [2.05, 4.69) is 10.4 Å². The lowest BCUT2D eigenvalue weighted by Gasteiger charge is -2.17. The van der Waals surface area contributed by atoms with Gasteiger partial charge in [-0.3, -0.25) is 9.59 Å². The largest absolute Gasteiger partial charge is 0.495 e. The number of aromatic nitrogens is 2. The van der Waals surface area contributed by atoms with E-state index in [4.69, 9.17) is 21.1 Å². The number of nitrogens with one attached hydrogen (secondary N) is 1. The molecule has 0 aliphatic carbocycles. The van der Waals surface area contributed by atoms with Crippen molar-refractivity contribution < 1.29 is 14.3 Å². The molecule has 1 amide bonds. The van der Waals surface area contributed by atoms with Crippen LogP contribution in [0, 0.1) is 6.92 Å². The topological polar surface area (TPSA) is 82.4 Å². The lowest BCUT2D eigenvalue weighted by molar-refractivity contribution is -0.119. The number of hydrogen-bond acceptors (Lipinski definition) is 5. The normalized spacial score (nSPS) is 11.6. The van der Waals surface area contributed by atoms with Crippen LogP contribution in [0.5, 0.6) is 11.5 Å². The minimum Gasteiger partial charge on any atom is -0.495 e. The Labute approximate surface area is 179 Å². The Kier molecular flexibility index (Phi) is 6.42. The Bertz CT molecular complexity index is 1130. The van der Waals surface area contributed by atoms with E-state index in [1.807, 2.05) is 31.2 Å². The summed E-state index contributed by atoms with van der Waals surface area (Å²) < 4.78 is 11.6. The van der Waals surface area contributed by atoms with Gasteiger partial charge in [-0.15, -0.1) is 0 Å². The number of carbonyl (C=O) groups excluding carboxylic acids is 1. The first-order valence-corrected chi connectivity index (χ1v) is 9.61. The van der Waals surface area contributed by atoms with Crippen molar-refractivity contribution in [2.75, 3.05) is 19.5 Å². The van der Waals surface area contributed by atoms with E-state index in [9.17, 15) is 9.59 Å². The summed E-state index contributed by atoms with van der Waals surface area (Å²) in [6, 6.07) is 13.0. The SMILES string of the molecule is COc1cc(OC)c(NC(=O)[C@@H](C)n2nc(-c3ccc(C)cc3)ccc2=O)cc1Cl. The van der Waals surface area contributed by atoms with Gasteiger partial charge in [-0.2, -0.15) is 5.10 Å². The molecule has 0 unspecified atom stereocenters. The molecule has 0 aliphatic heterocycles. The predicted octanol–water partition coefficient (Wildman–Crippen LogP) is 4.09. The molecule has 0 radical (unpaired) electrons. The first-order chi connectivity index (χ1) is 14.3. The summed E-state index contributed by atoms with van der Waals surface area (Å²) >= 11 is 6.16. The maximum absolute atomic E-state index is 12.9. The highest BCUT2D eigenvalue weighted by Gasteiger charge is 2.20. The molecule has 30 heavy (non-hydrogen) atoms. The van der Waals surface area contributed by atoms with Gasteiger partial charge in [0.2, 0.25) is 5.91 Å². The second-order valence-electron chi connectivity index (χ2n) is 6.72. The van der Waals surface area contributed by atoms with E-state index in [0.29, 0.717) is 27.9 Å². The fourth-order valence-corrected chi connectivity index (χ4v) is 3.13. The third-order valence-electron chi connectivity index (χ3n) is 4.65. The summed E-state index contributed by atoms with van der Waals surface area (Å²) in [5.41, 5.74) is 2.55. The summed E-state index contributed by atoms with van der Waals surface area (Å²) in [6.45, 7) is 3.59. The molecule has 0 aliphatic rings. The number of carbonyl (C=O) groups is 1. The lowest BCUT2D eigenvalue weighted by atomic mass is 10.1. The van der Waals surface area contributed by atoms with E-state index >= 15 is 0 Å². The highest BCUT2D eigenvalue weighted by molar-refractivity contribution is 6.32. The third-order valence-corrected chi connectivity index (χ3v) is 4.95. The highest BCUT2D eigenvalue weighted by atomic mass is 35.5. The van der Waals surface area contributed by atoms with Crippen molar-refractivity contribution in [3.63, 3.8) is 0 Å². The van der Waals surface area contributed by atoms with Crippen LogP contribution in [-0.4, -0.2) is 29.9 Å². The number of benzene rings is 2. The van der Waals surface area contributed by atoms with Crippen molar-refractivity contribution in [3.05, 3.63) is 69.5 Å². The van der Waals surface area contributed by atoms with Crippen molar-refractivity contribution in [1.29, 1.82) is 0 Å². The van der Waals surface area contributed by atoms with Gasteiger partial charge < -0.3 is 14.8 Å². The van der Waals surface area contributed by atoms with Crippen molar-refractivity contribution in [1.82, 2.24) is 9.78 Å². The average molecular weight is 428 g/mol. The number of hydrogen-bond donors (Lipinski definition) is 1. The van der Waals surface area contributed by atoms with Crippen LogP contribution in [0.15, 0.2) is 53.3 Å². The van der Waals surface area contributed by atoms with Crippen molar-refractivity contribution in [3.8, 4) is 22.8 Å². The molecule has 3 aromatic rings. The molecule has 1 aromatic heterocycles. The Balaban J connectivity index is 1.90. The zero-order valence-corrected chi connectivity index (χ0v) is 17.9.